The van der Waals surface area contributed by atoms with Gasteiger partial charge in [-0.15, -0.1) is 0 Å². The molecule has 112 valence electrons. The van der Waals surface area contributed by atoms with E-state index in [0.717, 1.165) is 5.56 Å². The highest BCUT2D eigenvalue weighted by Crippen LogP contribution is 2.17. The molecule has 0 radical (unpaired) electrons. The maximum Gasteiger partial charge on any atom is 0.309 e. The highest BCUT2D eigenvalue weighted by Gasteiger charge is 2.12. The van der Waals surface area contributed by atoms with Gasteiger partial charge in [-0.1, -0.05) is 40.1 Å². The van der Waals surface area contributed by atoms with E-state index in [1.165, 1.54) is 0 Å². The Kier molecular flexibility index (Phi) is 7.01. The molecule has 0 saturated carbocycles. The molecule has 0 fully saturated rings. The molecule has 1 aromatic rings. The van der Waals surface area contributed by atoms with Crippen molar-refractivity contribution in [3.05, 3.63) is 29.8 Å². The minimum atomic E-state index is -3.53. The summed E-state index contributed by atoms with van der Waals surface area (Å²) in [6.07, 6.45) is 0.514. The summed E-state index contributed by atoms with van der Waals surface area (Å²) in [4.78, 5) is 5.02. The highest BCUT2D eigenvalue weighted by atomic mass is 79.9. The van der Waals surface area contributed by atoms with Crippen LogP contribution in [0.15, 0.2) is 29.4 Å². The number of rotatable bonds is 8. The molecule has 1 rings (SSSR count). The minimum Gasteiger partial charge on any atom is -0.396 e. The van der Waals surface area contributed by atoms with Crippen LogP contribution >= 0.6 is 15.9 Å². The predicted molar refractivity (Wildman–Crippen MR) is 83.1 cm³/mol. The van der Waals surface area contributed by atoms with Crippen molar-refractivity contribution in [3.63, 3.8) is 0 Å². The fourth-order valence-electron chi connectivity index (χ4n) is 1.46. The molecule has 0 aliphatic heterocycles. The van der Waals surface area contributed by atoms with Gasteiger partial charge < -0.3 is 9.02 Å². The van der Waals surface area contributed by atoms with E-state index >= 15 is 0 Å². The molecular formula is C13H18BrNO4S. The molecule has 0 amide bonds. The summed E-state index contributed by atoms with van der Waals surface area (Å²) >= 11 is 3.32. The van der Waals surface area contributed by atoms with E-state index in [1.54, 1.807) is 25.1 Å². The Bertz CT molecular complexity index is 557. The predicted octanol–water partition coefficient (Wildman–Crippen LogP) is 2.94. The van der Waals surface area contributed by atoms with E-state index in [9.17, 15) is 8.42 Å². The van der Waals surface area contributed by atoms with Crippen LogP contribution in [-0.2, 0) is 15.0 Å². The molecule has 0 aliphatic carbocycles. The first-order valence-corrected chi connectivity index (χ1v) is 8.99. The zero-order valence-corrected chi connectivity index (χ0v) is 13.9. The lowest BCUT2D eigenvalue weighted by Gasteiger charge is -2.08. The maximum absolute atomic E-state index is 11.6. The van der Waals surface area contributed by atoms with E-state index in [-0.39, 0.29) is 11.5 Å². The van der Waals surface area contributed by atoms with Crippen molar-refractivity contribution in [1.29, 1.82) is 0 Å². The molecule has 0 unspecified atom stereocenters. The second-order valence-electron chi connectivity index (χ2n) is 3.96. The van der Waals surface area contributed by atoms with Gasteiger partial charge in [-0.05, 0) is 25.5 Å². The van der Waals surface area contributed by atoms with Crippen LogP contribution in [-0.4, -0.2) is 31.8 Å². The van der Waals surface area contributed by atoms with Gasteiger partial charge in [0.1, 0.15) is 12.4 Å². The molecule has 0 N–H and O–H groups in total. The first kappa shape index (κ1) is 17.0. The fourth-order valence-corrected chi connectivity index (χ4v) is 2.87. The first-order chi connectivity index (χ1) is 9.52. The van der Waals surface area contributed by atoms with Crippen LogP contribution in [0.3, 0.4) is 0 Å². The Hall–Kier alpha value is -1.08. The SMILES string of the molecule is CCCS(=O)(=O)Oc1cccc(/C(CBr)=N/OCC)c1. The van der Waals surface area contributed by atoms with Crippen molar-refractivity contribution < 1.29 is 17.4 Å². The number of alkyl halides is 1. The number of hydrogen-bond acceptors (Lipinski definition) is 5. The van der Waals surface area contributed by atoms with Crippen LogP contribution in [0.1, 0.15) is 25.8 Å². The van der Waals surface area contributed by atoms with Crippen molar-refractivity contribution >= 4 is 31.8 Å². The smallest absolute Gasteiger partial charge is 0.309 e. The van der Waals surface area contributed by atoms with Crippen molar-refractivity contribution in [2.24, 2.45) is 5.16 Å². The van der Waals surface area contributed by atoms with Gasteiger partial charge in [0.05, 0.1) is 11.5 Å². The van der Waals surface area contributed by atoms with Crippen molar-refractivity contribution in [1.82, 2.24) is 0 Å². The Morgan fingerprint density at radius 2 is 2.10 bits per heavy atom. The quantitative estimate of drug-likeness (QED) is 0.308. The van der Waals surface area contributed by atoms with Crippen molar-refractivity contribution in [3.8, 4) is 5.75 Å². The van der Waals surface area contributed by atoms with E-state index in [2.05, 4.69) is 21.1 Å². The van der Waals surface area contributed by atoms with E-state index in [4.69, 9.17) is 9.02 Å². The number of oxime groups is 1. The Morgan fingerprint density at radius 3 is 2.70 bits per heavy atom. The van der Waals surface area contributed by atoms with Crippen LogP contribution in [0, 0.1) is 0 Å². The second-order valence-corrected chi connectivity index (χ2v) is 6.21. The average molecular weight is 364 g/mol. The van der Waals surface area contributed by atoms with Crippen LogP contribution in [0.5, 0.6) is 5.75 Å². The minimum absolute atomic E-state index is 0.00440. The third-order valence-corrected chi connectivity index (χ3v) is 4.16. The van der Waals surface area contributed by atoms with Gasteiger partial charge in [-0.3, -0.25) is 0 Å². The molecule has 0 heterocycles. The standard InChI is InChI=1S/C13H18BrNO4S/c1-3-8-20(16,17)19-12-7-5-6-11(9-12)13(10-14)15-18-4-2/h5-7,9H,3-4,8,10H2,1-2H3/b15-13+. The zero-order chi connectivity index (χ0) is 15.0. The third-order valence-electron chi connectivity index (χ3n) is 2.27. The number of halogens is 1. The van der Waals surface area contributed by atoms with Gasteiger partial charge in [0.25, 0.3) is 0 Å². The molecule has 0 spiro atoms. The van der Waals surface area contributed by atoms with Crippen LogP contribution in [0.4, 0.5) is 0 Å². The van der Waals surface area contributed by atoms with Gasteiger partial charge in [-0.2, -0.15) is 8.42 Å². The highest BCUT2D eigenvalue weighted by molar-refractivity contribution is 9.09. The number of benzene rings is 1. The second kappa shape index (κ2) is 8.26. The maximum atomic E-state index is 11.6. The lowest BCUT2D eigenvalue weighted by Crippen LogP contribution is -2.13. The molecule has 5 nitrogen and oxygen atoms in total. The summed E-state index contributed by atoms with van der Waals surface area (Å²) in [6.45, 7) is 4.10. The zero-order valence-electron chi connectivity index (χ0n) is 11.5. The number of nitrogens with zero attached hydrogens (tertiary/aromatic N) is 1. The van der Waals surface area contributed by atoms with Crippen LogP contribution < -0.4 is 4.18 Å². The third kappa shape index (κ3) is 5.50. The molecule has 20 heavy (non-hydrogen) atoms. The summed E-state index contributed by atoms with van der Waals surface area (Å²) in [5.74, 6) is 0.274. The van der Waals surface area contributed by atoms with Gasteiger partial charge in [0, 0.05) is 10.9 Å². The lowest BCUT2D eigenvalue weighted by molar-refractivity contribution is 0.159. The topological polar surface area (TPSA) is 65.0 Å². The Labute approximate surface area is 128 Å². The van der Waals surface area contributed by atoms with Crippen molar-refractivity contribution in [2.75, 3.05) is 17.7 Å². The summed E-state index contributed by atoms with van der Waals surface area (Å²) in [5, 5.41) is 4.47. The fraction of sp³-hybridized carbons (Fsp3) is 0.462. The van der Waals surface area contributed by atoms with E-state index < -0.39 is 10.1 Å². The largest absolute Gasteiger partial charge is 0.396 e. The molecule has 0 atom stereocenters. The Balaban J connectivity index is 2.95. The van der Waals surface area contributed by atoms with E-state index in [0.29, 0.717) is 24.1 Å². The molecule has 7 heteroatoms. The van der Waals surface area contributed by atoms with Crippen molar-refractivity contribution in [2.45, 2.75) is 20.3 Å². The van der Waals surface area contributed by atoms with Gasteiger partial charge >= 0.3 is 10.1 Å². The molecule has 0 bridgehead atoms. The van der Waals surface area contributed by atoms with Gasteiger partial charge in [0.2, 0.25) is 0 Å². The first-order valence-electron chi connectivity index (χ1n) is 6.29. The van der Waals surface area contributed by atoms with Gasteiger partial charge in [-0.25, -0.2) is 0 Å². The summed E-state index contributed by atoms with van der Waals surface area (Å²) in [7, 11) is -3.53. The Morgan fingerprint density at radius 1 is 1.35 bits per heavy atom. The lowest BCUT2D eigenvalue weighted by atomic mass is 10.1. The average Bonchev–Trinajstić information content (AvgIpc) is 2.39. The molecule has 1 aromatic carbocycles. The molecule has 0 aliphatic rings. The normalized spacial score (nSPS) is 12.2. The molecule has 0 aromatic heterocycles. The monoisotopic (exact) mass is 363 g/mol. The van der Waals surface area contributed by atoms with Gasteiger partial charge in [0.15, 0.2) is 0 Å². The number of hydrogen-bond donors (Lipinski definition) is 0. The van der Waals surface area contributed by atoms with Crippen LogP contribution in [0.2, 0.25) is 0 Å². The summed E-state index contributed by atoms with van der Waals surface area (Å²) in [5.41, 5.74) is 1.42. The summed E-state index contributed by atoms with van der Waals surface area (Å²) < 4.78 is 28.3. The molecule has 0 saturated heterocycles. The van der Waals surface area contributed by atoms with E-state index in [1.807, 2.05) is 13.0 Å². The summed E-state index contributed by atoms with van der Waals surface area (Å²) in [6, 6.07) is 6.77. The van der Waals surface area contributed by atoms with Crippen LogP contribution in [0.25, 0.3) is 0 Å². The molecular weight excluding hydrogens is 346 g/mol.